The number of carbonyl (C=O) groups is 1. The summed E-state index contributed by atoms with van der Waals surface area (Å²) in [7, 11) is 0. The van der Waals surface area contributed by atoms with Crippen molar-refractivity contribution in [1.82, 2.24) is 10.2 Å². The van der Waals surface area contributed by atoms with Crippen LogP contribution in [0.15, 0.2) is 0 Å². The van der Waals surface area contributed by atoms with Crippen LogP contribution >= 0.6 is 0 Å². The smallest absolute Gasteiger partial charge is 0.320 e. The first-order chi connectivity index (χ1) is 7.92. The Bertz CT molecular complexity index is 286. The van der Waals surface area contributed by atoms with E-state index in [1.54, 1.807) is 0 Å². The van der Waals surface area contributed by atoms with Gasteiger partial charge in [0, 0.05) is 25.2 Å². The van der Waals surface area contributed by atoms with Crippen LogP contribution in [0.5, 0.6) is 0 Å². The van der Waals surface area contributed by atoms with Gasteiger partial charge in [0.05, 0.1) is 6.54 Å². The van der Waals surface area contributed by atoms with Gasteiger partial charge in [0.25, 0.3) is 0 Å². The predicted octanol–water partition coefficient (Wildman–Crippen LogP) is 1.15. The lowest BCUT2D eigenvalue weighted by Crippen LogP contribution is -2.40. The van der Waals surface area contributed by atoms with Crippen LogP contribution in [0.4, 0.5) is 0 Å². The van der Waals surface area contributed by atoms with Crippen LogP contribution in [0.1, 0.15) is 40.0 Å². The molecule has 2 aliphatic rings. The zero-order valence-corrected chi connectivity index (χ0v) is 11.2. The number of nitrogens with zero attached hydrogens (tertiary/aromatic N) is 1. The Hall–Kier alpha value is -0.610. The molecule has 4 nitrogen and oxygen atoms in total. The van der Waals surface area contributed by atoms with Crippen molar-refractivity contribution >= 4 is 5.97 Å². The Balaban J connectivity index is 1.81. The van der Waals surface area contributed by atoms with E-state index in [9.17, 15) is 4.79 Å². The maximum atomic E-state index is 11.8. The van der Waals surface area contributed by atoms with Crippen molar-refractivity contribution in [1.29, 1.82) is 0 Å². The predicted molar refractivity (Wildman–Crippen MR) is 66.8 cm³/mol. The number of likely N-dealkylation sites (tertiary alicyclic amines) is 1. The molecule has 2 bridgehead atoms. The molecule has 2 rings (SSSR count). The first kappa shape index (κ1) is 12.8. The monoisotopic (exact) mass is 240 g/mol. The second-order valence-corrected chi connectivity index (χ2v) is 6.25. The molecule has 0 aromatic rings. The molecule has 2 aliphatic heterocycles. The topological polar surface area (TPSA) is 41.6 Å². The molecule has 0 aromatic heterocycles. The number of esters is 1. The summed E-state index contributed by atoms with van der Waals surface area (Å²) in [5.41, 5.74) is -0.375. The molecule has 0 radical (unpaired) electrons. The number of hydrogen-bond donors (Lipinski definition) is 1. The van der Waals surface area contributed by atoms with Gasteiger partial charge < -0.3 is 10.1 Å². The molecule has 2 fully saturated rings. The SMILES string of the molecule is CC(C)(C)OC(=O)CN1CCC2CCC(C1)N2. The first-order valence-electron chi connectivity index (χ1n) is 6.62. The fraction of sp³-hybridized carbons (Fsp3) is 0.923. The molecular weight excluding hydrogens is 216 g/mol. The zero-order valence-electron chi connectivity index (χ0n) is 11.2. The van der Waals surface area contributed by atoms with E-state index in [1.807, 2.05) is 20.8 Å². The van der Waals surface area contributed by atoms with E-state index in [-0.39, 0.29) is 11.6 Å². The van der Waals surface area contributed by atoms with E-state index in [4.69, 9.17) is 4.74 Å². The van der Waals surface area contributed by atoms with Crippen LogP contribution in [0.3, 0.4) is 0 Å². The first-order valence-corrected chi connectivity index (χ1v) is 6.62. The lowest BCUT2D eigenvalue weighted by atomic mass is 10.1. The van der Waals surface area contributed by atoms with Crippen molar-refractivity contribution in [3.63, 3.8) is 0 Å². The molecule has 0 spiro atoms. The summed E-state index contributed by atoms with van der Waals surface area (Å²) in [6.07, 6.45) is 3.69. The Morgan fingerprint density at radius 2 is 2.00 bits per heavy atom. The number of carbonyl (C=O) groups excluding carboxylic acids is 1. The van der Waals surface area contributed by atoms with E-state index in [0.717, 1.165) is 19.5 Å². The highest BCUT2D eigenvalue weighted by molar-refractivity contribution is 5.72. The van der Waals surface area contributed by atoms with Crippen LogP contribution in [-0.4, -0.2) is 48.2 Å². The van der Waals surface area contributed by atoms with Gasteiger partial charge in [-0.05, 0) is 40.0 Å². The second kappa shape index (κ2) is 4.94. The van der Waals surface area contributed by atoms with Crippen LogP contribution in [0.25, 0.3) is 0 Å². The van der Waals surface area contributed by atoms with Crippen molar-refractivity contribution in [2.75, 3.05) is 19.6 Å². The van der Waals surface area contributed by atoms with E-state index in [1.165, 1.54) is 12.8 Å². The molecule has 17 heavy (non-hydrogen) atoms. The summed E-state index contributed by atoms with van der Waals surface area (Å²) >= 11 is 0. The average molecular weight is 240 g/mol. The quantitative estimate of drug-likeness (QED) is 0.735. The molecule has 2 atom stereocenters. The average Bonchev–Trinajstić information content (AvgIpc) is 2.48. The molecule has 2 heterocycles. The molecule has 2 saturated heterocycles. The number of ether oxygens (including phenoxy) is 1. The number of rotatable bonds is 2. The van der Waals surface area contributed by atoms with Crippen LogP contribution in [0, 0.1) is 0 Å². The third kappa shape index (κ3) is 3.96. The summed E-state index contributed by atoms with van der Waals surface area (Å²) in [6, 6.07) is 1.24. The van der Waals surface area contributed by atoms with Gasteiger partial charge in [0.2, 0.25) is 0 Å². The van der Waals surface area contributed by atoms with E-state index in [2.05, 4.69) is 10.2 Å². The minimum Gasteiger partial charge on any atom is -0.459 e. The summed E-state index contributed by atoms with van der Waals surface area (Å²) < 4.78 is 5.36. The highest BCUT2D eigenvalue weighted by atomic mass is 16.6. The van der Waals surface area contributed by atoms with Gasteiger partial charge >= 0.3 is 5.97 Å². The molecule has 0 amide bonds. The third-order valence-electron chi connectivity index (χ3n) is 3.38. The molecule has 98 valence electrons. The molecule has 2 unspecified atom stereocenters. The standard InChI is InChI=1S/C13H24N2O2/c1-13(2,3)17-12(16)9-15-7-6-10-4-5-11(8-15)14-10/h10-11,14H,4-9H2,1-3H3. The number of fused-ring (bicyclic) bond motifs is 2. The molecule has 0 aliphatic carbocycles. The Morgan fingerprint density at radius 1 is 1.29 bits per heavy atom. The maximum absolute atomic E-state index is 11.8. The molecule has 0 aromatic carbocycles. The lowest BCUT2D eigenvalue weighted by molar-refractivity contribution is -0.156. The largest absolute Gasteiger partial charge is 0.459 e. The molecule has 0 saturated carbocycles. The molecule has 1 N–H and O–H groups in total. The van der Waals surface area contributed by atoms with E-state index in [0.29, 0.717) is 18.6 Å². The summed E-state index contributed by atoms with van der Waals surface area (Å²) in [4.78, 5) is 14.0. The van der Waals surface area contributed by atoms with Crippen molar-refractivity contribution < 1.29 is 9.53 Å². The highest BCUT2D eigenvalue weighted by Gasteiger charge is 2.30. The minimum absolute atomic E-state index is 0.102. The van der Waals surface area contributed by atoms with Crippen LogP contribution < -0.4 is 5.32 Å². The van der Waals surface area contributed by atoms with Crippen molar-refractivity contribution in [3.05, 3.63) is 0 Å². The Kier molecular flexibility index (Phi) is 3.73. The van der Waals surface area contributed by atoms with Gasteiger partial charge in [-0.25, -0.2) is 0 Å². The molecule has 4 heteroatoms. The van der Waals surface area contributed by atoms with Crippen molar-refractivity contribution in [2.45, 2.75) is 57.7 Å². The number of hydrogen-bond acceptors (Lipinski definition) is 4. The minimum atomic E-state index is -0.375. The van der Waals surface area contributed by atoms with E-state index >= 15 is 0 Å². The van der Waals surface area contributed by atoms with E-state index < -0.39 is 0 Å². The van der Waals surface area contributed by atoms with Gasteiger partial charge in [-0.2, -0.15) is 0 Å². The zero-order chi connectivity index (χ0) is 12.5. The number of nitrogens with one attached hydrogen (secondary N) is 1. The third-order valence-corrected chi connectivity index (χ3v) is 3.38. The van der Waals surface area contributed by atoms with Crippen LogP contribution in [-0.2, 0) is 9.53 Å². The van der Waals surface area contributed by atoms with Crippen LogP contribution in [0.2, 0.25) is 0 Å². The lowest BCUT2D eigenvalue weighted by Gasteiger charge is -2.25. The molecular formula is C13H24N2O2. The van der Waals surface area contributed by atoms with Gasteiger partial charge in [-0.1, -0.05) is 0 Å². The highest BCUT2D eigenvalue weighted by Crippen LogP contribution is 2.20. The van der Waals surface area contributed by atoms with Crippen molar-refractivity contribution in [2.24, 2.45) is 0 Å². The van der Waals surface area contributed by atoms with Gasteiger partial charge in [0.15, 0.2) is 0 Å². The van der Waals surface area contributed by atoms with Gasteiger partial charge in [-0.15, -0.1) is 0 Å². The van der Waals surface area contributed by atoms with Crippen molar-refractivity contribution in [3.8, 4) is 0 Å². The van der Waals surface area contributed by atoms with Gasteiger partial charge in [-0.3, -0.25) is 9.69 Å². The summed E-state index contributed by atoms with van der Waals surface area (Å²) in [5.74, 6) is -0.102. The summed E-state index contributed by atoms with van der Waals surface area (Å²) in [6.45, 7) is 8.16. The summed E-state index contributed by atoms with van der Waals surface area (Å²) in [5, 5.41) is 3.61. The Morgan fingerprint density at radius 3 is 2.71 bits per heavy atom. The fourth-order valence-electron chi connectivity index (χ4n) is 2.72. The normalized spacial score (nSPS) is 30.1. The maximum Gasteiger partial charge on any atom is 0.320 e. The second-order valence-electron chi connectivity index (χ2n) is 6.25. The fourth-order valence-corrected chi connectivity index (χ4v) is 2.72. The Labute approximate surface area is 104 Å². The van der Waals surface area contributed by atoms with Gasteiger partial charge in [0.1, 0.15) is 5.60 Å².